The van der Waals surface area contributed by atoms with E-state index in [9.17, 15) is 4.79 Å². The van der Waals surface area contributed by atoms with E-state index in [0.717, 1.165) is 28.1 Å². The molecule has 0 aliphatic rings. The zero-order chi connectivity index (χ0) is 29.2. The van der Waals surface area contributed by atoms with Gasteiger partial charge in [0.2, 0.25) is 11.9 Å². The van der Waals surface area contributed by atoms with Crippen molar-refractivity contribution in [1.82, 2.24) is 29.8 Å². The lowest BCUT2D eigenvalue weighted by atomic mass is 9.77. The number of imidazole rings is 1. The highest BCUT2D eigenvalue weighted by Gasteiger charge is 2.41. The fraction of sp³-hybridized carbons (Fsp3) is 0.147. The van der Waals surface area contributed by atoms with Gasteiger partial charge in [-0.05, 0) is 40.1 Å². The number of carbonyl (C=O) groups excluding carboxylic acids is 1. The minimum atomic E-state index is -0.915. The average molecular weight is 552 g/mol. The van der Waals surface area contributed by atoms with Crippen LogP contribution in [0.2, 0.25) is 0 Å². The lowest BCUT2D eigenvalue weighted by molar-refractivity contribution is 0.396. The van der Waals surface area contributed by atoms with Gasteiger partial charge < -0.3 is 4.57 Å². The molecule has 0 aliphatic heterocycles. The fourth-order valence-electron chi connectivity index (χ4n) is 5.24. The Bertz CT molecular complexity index is 1770. The molecule has 2 heterocycles. The van der Waals surface area contributed by atoms with Gasteiger partial charge in [-0.25, -0.2) is 9.78 Å². The molecule has 0 radical (unpaired) electrons. The molecule has 6 rings (SSSR count). The zero-order valence-corrected chi connectivity index (χ0v) is 23.6. The second-order valence-corrected chi connectivity index (χ2v) is 11.0. The van der Waals surface area contributed by atoms with Crippen molar-refractivity contribution in [3.63, 3.8) is 0 Å². The third-order valence-electron chi connectivity index (χ3n) is 7.31. The van der Waals surface area contributed by atoms with E-state index < -0.39 is 5.54 Å². The summed E-state index contributed by atoms with van der Waals surface area (Å²) < 4.78 is 1.93. The summed E-state index contributed by atoms with van der Waals surface area (Å²) in [5, 5.41) is 14.3. The SMILES string of the molecule is CC(C)(C)c1cn(-c2ccc(N=C=O)cc2-c2nnn(C(c3ccccc3)(c3ccccc3)c3ccccc3)n2)cn1. The fourth-order valence-corrected chi connectivity index (χ4v) is 5.24. The lowest BCUT2D eigenvalue weighted by Crippen LogP contribution is -2.39. The van der Waals surface area contributed by atoms with Crippen LogP contribution in [0, 0.1) is 0 Å². The Hall–Kier alpha value is -5.46. The van der Waals surface area contributed by atoms with Gasteiger partial charge in [-0.1, -0.05) is 112 Å². The summed E-state index contributed by atoms with van der Waals surface area (Å²) >= 11 is 0. The standard InChI is InChI=1S/C34H29N7O/c1-33(2,3)31-22-40(23-35-31)30-20-19-28(36-24-42)21-29(30)32-37-39-41(38-32)34(25-13-7-4-8-14-25,26-15-9-5-10-16-26)27-17-11-6-12-18-27/h4-23H,1-3H3. The molecule has 206 valence electrons. The first-order chi connectivity index (χ1) is 20.4. The maximum absolute atomic E-state index is 11.1. The van der Waals surface area contributed by atoms with Crippen LogP contribution in [0.3, 0.4) is 0 Å². The number of benzene rings is 4. The molecule has 42 heavy (non-hydrogen) atoms. The second-order valence-electron chi connectivity index (χ2n) is 11.0. The molecular formula is C34H29N7O. The number of tetrazole rings is 1. The molecule has 0 N–H and O–H groups in total. The van der Waals surface area contributed by atoms with Crippen LogP contribution in [0.25, 0.3) is 17.1 Å². The lowest BCUT2D eigenvalue weighted by Gasteiger charge is -2.34. The van der Waals surface area contributed by atoms with Crippen LogP contribution < -0.4 is 0 Å². The molecule has 8 heteroatoms. The highest BCUT2D eigenvalue weighted by molar-refractivity contribution is 5.72. The van der Waals surface area contributed by atoms with Gasteiger partial charge in [-0.2, -0.15) is 4.99 Å². The molecule has 0 bridgehead atoms. The Morgan fingerprint density at radius 3 is 1.83 bits per heavy atom. The van der Waals surface area contributed by atoms with Gasteiger partial charge in [0.05, 0.1) is 23.4 Å². The quantitative estimate of drug-likeness (QED) is 0.126. The average Bonchev–Trinajstić information content (AvgIpc) is 3.71. The van der Waals surface area contributed by atoms with Gasteiger partial charge in [-0.15, -0.1) is 15.0 Å². The third kappa shape index (κ3) is 4.74. The Balaban J connectivity index is 1.60. The summed E-state index contributed by atoms with van der Waals surface area (Å²) in [5.74, 6) is 0.381. The van der Waals surface area contributed by atoms with Crippen molar-refractivity contribution in [3.8, 4) is 17.1 Å². The summed E-state index contributed by atoms with van der Waals surface area (Å²) in [7, 11) is 0. The van der Waals surface area contributed by atoms with Crippen molar-refractivity contribution in [2.24, 2.45) is 4.99 Å². The van der Waals surface area contributed by atoms with Crippen molar-refractivity contribution in [2.45, 2.75) is 31.7 Å². The normalized spacial score (nSPS) is 11.7. The number of hydrogen-bond acceptors (Lipinski definition) is 6. The molecule has 0 aliphatic carbocycles. The molecular weight excluding hydrogens is 522 g/mol. The van der Waals surface area contributed by atoms with E-state index in [1.165, 1.54) is 0 Å². The van der Waals surface area contributed by atoms with Crippen molar-refractivity contribution >= 4 is 11.8 Å². The highest BCUT2D eigenvalue weighted by atomic mass is 16.1. The van der Waals surface area contributed by atoms with Crippen LogP contribution in [-0.4, -0.2) is 35.8 Å². The van der Waals surface area contributed by atoms with Gasteiger partial charge in [0.1, 0.15) is 0 Å². The van der Waals surface area contributed by atoms with Gasteiger partial charge >= 0.3 is 0 Å². The van der Waals surface area contributed by atoms with E-state index in [0.29, 0.717) is 17.1 Å². The Kier molecular flexibility index (Phi) is 6.90. The number of nitrogens with zero attached hydrogens (tertiary/aromatic N) is 7. The Morgan fingerprint density at radius 2 is 1.33 bits per heavy atom. The number of hydrogen-bond donors (Lipinski definition) is 0. The second kappa shape index (κ2) is 10.8. The maximum atomic E-state index is 11.1. The molecule has 4 aromatic carbocycles. The summed E-state index contributed by atoms with van der Waals surface area (Å²) in [6.45, 7) is 6.35. The van der Waals surface area contributed by atoms with Crippen molar-refractivity contribution in [1.29, 1.82) is 0 Å². The zero-order valence-electron chi connectivity index (χ0n) is 23.6. The summed E-state index contributed by atoms with van der Waals surface area (Å²) in [6.07, 6.45) is 5.40. The molecule has 2 aromatic heterocycles. The van der Waals surface area contributed by atoms with E-state index in [1.807, 2.05) is 71.4 Å². The van der Waals surface area contributed by atoms with Gasteiger partial charge in [-0.3, -0.25) is 0 Å². The molecule has 6 aromatic rings. The van der Waals surface area contributed by atoms with E-state index in [2.05, 4.69) is 77.5 Å². The molecule has 8 nitrogen and oxygen atoms in total. The summed E-state index contributed by atoms with van der Waals surface area (Å²) in [4.78, 5) is 21.3. The van der Waals surface area contributed by atoms with E-state index in [1.54, 1.807) is 29.3 Å². The first kappa shape index (κ1) is 26.7. The van der Waals surface area contributed by atoms with Crippen LogP contribution >= 0.6 is 0 Å². The maximum Gasteiger partial charge on any atom is 0.240 e. The van der Waals surface area contributed by atoms with E-state index in [-0.39, 0.29) is 5.41 Å². The van der Waals surface area contributed by atoms with E-state index in [4.69, 9.17) is 5.10 Å². The summed E-state index contributed by atoms with van der Waals surface area (Å²) in [6, 6.07) is 35.9. The Morgan fingerprint density at radius 1 is 0.762 bits per heavy atom. The predicted octanol–water partition coefficient (Wildman–Crippen LogP) is 6.63. The van der Waals surface area contributed by atoms with Crippen LogP contribution in [0.4, 0.5) is 5.69 Å². The first-order valence-corrected chi connectivity index (χ1v) is 13.7. The minimum absolute atomic E-state index is 0.130. The molecule has 0 atom stereocenters. The van der Waals surface area contributed by atoms with Gasteiger partial charge in [0.25, 0.3) is 0 Å². The summed E-state index contributed by atoms with van der Waals surface area (Å²) in [5.41, 5.74) is 4.72. The number of rotatable bonds is 7. The number of aromatic nitrogens is 6. The van der Waals surface area contributed by atoms with Crippen LogP contribution in [0.15, 0.2) is 127 Å². The van der Waals surface area contributed by atoms with Gasteiger partial charge in [0, 0.05) is 17.2 Å². The molecule has 0 saturated carbocycles. The van der Waals surface area contributed by atoms with Crippen molar-refractivity contribution < 1.29 is 4.79 Å². The van der Waals surface area contributed by atoms with E-state index >= 15 is 0 Å². The molecule has 0 amide bonds. The minimum Gasteiger partial charge on any atom is -0.305 e. The number of isocyanates is 1. The molecule has 0 spiro atoms. The third-order valence-corrected chi connectivity index (χ3v) is 7.31. The monoisotopic (exact) mass is 551 g/mol. The molecule has 0 unspecified atom stereocenters. The highest BCUT2D eigenvalue weighted by Crippen LogP contribution is 2.40. The smallest absolute Gasteiger partial charge is 0.240 e. The predicted molar refractivity (Wildman–Crippen MR) is 161 cm³/mol. The first-order valence-electron chi connectivity index (χ1n) is 13.7. The van der Waals surface area contributed by atoms with Crippen LogP contribution in [0.1, 0.15) is 43.2 Å². The topological polar surface area (TPSA) is 90.8 Å². The number of aliphatic imine (C=N–C) groups is 1. The Labute approximate surface area is 244 Å². The molecule has 0 fully saturated rings. The largest absolute Gasteiger partial charge is 0.305 e. The van der Waals surface area contributed by atoms with Crippen molar-refractivity contribution in [2.75, 3.05) is 0 Å². The molecule has 0 saturated heterocycles. The van der Waals surface area contributed by atoms with Crippen molar-refractivity contribution in [3.05, 3.63) is 144 Å². The van der Waals surface area contributed by atoms with Crippen LogP contribution in [0.5, 0.6) is 0 Å². The van der Waals surface area contributed by atoms with Gasteiger partial charge in [0.15, 0.2) is 5.54 Å². The van der Waals surface area contributed by atoms with Crippen LogP contribution in [-0.2, 0) is 15.7 Å².